The molecule has 25 nitrogen and oxygen atoms in total. The smallest absolute Gasteiger partial charge is 0.463 e. The fraction of sp³-hybridized carbons (Fsp3) is 0.956. The monoisotopic (exact) mass is 1680 g/mol. The maximum atomic E-state index is 14.9. The van der Waals surface area contributed by atoms with Gasteiger partial charge in [0.1, 0.15) is 92.6 Å². The fourth-order valence-electron chi connectivity index (χ4n) is 15.8. The number of aliphatic hydroxyl groups excluding tert-OH is 9. The number of hydrogen-bond donors (Lipinski definition) is 10. The highest BCUT2D eigenvalue weighted by atomic mass is 31.2. The van der Waals surface area contributed by atoms with E-state index < -0.39 is 162 Å². The summed E-state index contributed by atoms with van der Waals surface area (Å²) in [4.78, 5) is 66.4. The summed E-state index contributed by atoms with van der Waals surface area (Å²) in [5.74, 6) is -2.94. The molecule has 0 aromatic rings. The molecule has 1 aliphatic carbocycles. The number of unbranched alkanes of at least 4 members (excludes halogenated alkanes) is 53. The predicted octanol–water partition coefficient (Wildman–Crippen LogP) is 17.4. The van der Waals surface area contributed by atoms with E-state index >= 15 is 0 Å². The molecule has 18 unspecified atom stereocenters. The van der Waals surface area contributed by atoms with Crippen LogP contribution < -0.4 is 0 Å². The lowest BCUT2D eigenvalue weighted by molar-refractivity contribution is -0.360. The van der Waals surface area contributed by atoms with Crippen LogP contribution >= 0.6 is 7.82 Å². The molecule has 2 saturated heterocycles. The van der Waals surface area contributed by atoms with E-state index in [9.17, 15) is 74.6 Å². The molecule has 2 heterocycles. The van der Waals surface area contributed by atoms with Crippen molar-refractivity contribution in [3.63, 3.8) is 0 Å². The molecule has 1 saturated carbocycles. The first kappa shape index (κ1) is 108. The lowest BCUT2D eigenvalue weighted by atomic mass is 9.84. The van der Waals surface area contributed by atoms with Crippen LogP contribution in [-0.4, -0.2) is 205 Å². The standard InChI is InChI=1S/C90H169O25P/c1-5-9-13-17-21-25-29-33-35-37-41-45-49-53-57-61-65-76(95)112-85-81(100)82(101)86(113-89-83(102)79(98)77(96)71(66-91)110-89)88(87(85)114-90-84(103)80(99)78(97)72(111-90)69-107-74(93)63-59-55-51-47-43-39-32-28-24-20-16-12-8-4)115-116(104,105)108-68-70(67-106-73(92)62-58-54-50-46-42-38-31-27-23-19-15-11-7-3)109-75(94)64-60-56-52-48-44-40-36-34-30-26-22-18-14-10-6-2/h70-72,77-91,96-103H,5-69H2,1-4H3,(H,104,105). The number of hydrogen-bond acceptors (Lipinski definition) is 24. The van der Waals surface area contributed by atoms with E-state index in [1.54, 1.807) is 0 Å². The van der Waals surface area contributed by atoms with Crippen LogP contribution in [-0.2, 0) is 70.7 Å². The number of phosphoric ester groups is 1. The Hall–Kier alpha value is -2.53. The molecule has 0 spiro atoms. The Morgan fingerprint density at radius 3 is 0.940 bits per heavy atom. The van der Waals surface area contributed by atoms with Gasteiger partial charge in [-0.05, 0) is 25.7 Å². The molecule has 26 heteroatoms. The van der Waals surface area contributed by atoms with Crippen LogP contribution in [0, 0.1) is 0 Å². The number of aliphatic hydroxyl groups is 9. The number of rotatable bonds is 77. The highest BCUT2D eigenvalue weighted by Crippen LogP contribution is 2.49. The molecule has 10 N–H and O–H groups in total. The SMILES string of the molecule is CCCCCCCCCCCCCCCCCCC(=O)OC1C(O)C(O)C(OC2OC(CO)C(O)C(O)C2O)C(OP(=O)(O)OCC(COC(=O)CCCCCCCCCCCCCCC)OC(=O)CCCCCCCCCCCCCCCCC)C1OC1OC(COC(=O)CCCCCCCCCCCCCCC)C(O)C(O)C1O. The Morgan fingerprint density at radius 2 is 0.595 bits per heavy atom. The molecule has 3 fully saturated rings. The molecular formula is C90H169O25P. The largest absolute Gasteiger partial charge is 0.472 e. The maximum Gasteiger partial charge on any atom is 0.472 e. The van der Waals surface area contributed by atoms with Gasteiger partial charge in [-0.25, -0.2) is 4.57 Å². The minimum Gasteiger partial charge on any atom is -0.463 e. The number of esters is 4. The number of carbonyl (C=O) groups is 4. The molecule has 0 bridgehead atoms. The lowest BCUT2D eigenvalue weighted by Gasteiger charge is -2.50. The van der Waals surface area contributed by atoms with Crippen LogP contribution in [0.2, 0.25) is 0 Å². The minimum absolute atomic E-state index is 0.0199. The third-order valence-electron chi connectivity index (χ3n) is 23.4. The normalized spacial score (nSPS) is 25.1. The van der Waals surface area contributed by atoms with E-state index in [1.165, 1.54) is 205 Å². The van der Waals surface area contributed by atoms with Crippen molar-refractivity contribution < 1.29 is 122 Å². The van der Waals surface area contributed by atoms with Crippen LogP contribution in [0.25, 0.3) is 0 Å². The van der Waals surface area contributed by atoms with Crippen molar-refractivity contribution in [2.24, 2.45) is 0 Å². The molecule has 3 aliphatic rings. The molecule has 0 amide bonds. The van der Waals surface area contributed by atoms with Gasteiger partial charge in [-0.3, -0.25) is 28.2 Å². The van der Waals surface area contributed by atoms with Gasteiger partial charge in [0.05, 0.1) is 13.2 Å². The van der Waals surface area contributed by atoms with Crippen molar-refractivity contribution in [2.75, 3.05) is 26.4 Å². The van der Waals surface area contributed by atoms with Gasteiger partial charge in [-0.15, -0.1) is 0 Å². The van der Waals surface area contributed by atoms with Gasteiger partial charge in [0.15, 0.2) is 24.8 Å². The van der Waals surface area contributed by atoms with Crippen molar-refractivity contribution in [3.05, 3.63) is 0 Å². The first-order valence-electron chi connectivity index (χ1n) is 47.3. The van der Waals surface area contributed by atoms with Gasteiger partial charge in [0.25, 0.3) is 0 Å². The van der Waals surface area contributed by atoms with Crippen LogP contribution in [0.15, 0.2) is 0 Å². The van der Waals surface area contributed by atoms with Gasteiger partial charge in [-0.2, -0.15) is 0 Å². The summed E-state index contributed by atoms with van der Waals surface area (Å²) in [6, 6.07) is 0. The van der Waals surface area contributed by atoms with E-state index in [-0.39, 0.29) is 25.7 Å². The number of ether oxygens (including phenoxy) is 8. The van der Waals surface area contributed by atoms with Crippen LogP contribution in [0.1, 0.15) is 419 Å². The second-order valence-electron chi connectivity index (χ2n) is 33.9. The van der Waals surface area contributed by atoms with Crippen LogP contribution in [0.5, 0.6) is 0 Å². The Labute approximate surface area is 699 Å². The summed E-state index contributed by atoms with van der Waals surface area (Å²) in [5, 5.41) is 102. The van der Waals surface area contributed by atoms with Gasteiger partial charge in [0.2, 0.25) is 0 Å². The molecule has 0 aromatic carbocycles. The van der Waals surface area contributed by atoms with Gasteiger partial charge in [0, 0.05) is 25.7 Å². The van der Waals surface area contributed by atoms with Crippen molar-refractivity contribution >= 4 is 31.7 Å². The lowest BCUT2D eigenvalue weighted by Crippen LogP contribution is -2.70. The van der Waals surface area contributed by atoms with E-state index in [4.69, 9.17) is 46.9 Å². The second-order valence-corrected chi connectivity index (χ2v) is 35.3. The van der Waals surface area contributed by atoms with Crippen LogP contribution in [0.3, 0.4) is 0 Å². The van der Waals surface area contributed by atoms with Gasteiger partial charge >= 0.3 is 31.7 Å². The first-order valence-corrected chi connectivity index (χ1v) is 48.8. The molecule has 684 valence electrons. The molecule has 0 radical (unpaired) electrons. The minimum atomic E-state index is -5.80. The molecule has 18 atom stereocenters. The average Bonchev–Trinajstić information content (AvgIpc) is 0.754. The Bertz CT molecular complexity index is 2410. The summed E-state index contributed by atoms with van der Waals surface area (Å²) < 4.78 is 73.4. The zero-order valence-electron chi connectivity index (χ0n) is 72.8. The molecular weight excluding hydrogens is 1510 g/mol. The molecule has 0 aromatic heterocycles. The zero-order valence-corrected chi connectivity index (χ0v) is 73.7. The average molecular weight is 1680 g/mol. The zero-order chi connectivity index (χ0) is 84.7. The summed E-state index contributed by atoms with van der Waals surface area (Å²) in [7, 11) is -5.80. The third kappa shape index (κ3) is 49.7. The van der Waals surface area contributed by atoms with Crippen molar-refractivity contribution in [1.29, 1.82) is 0 Å². The Morgan fingerprint density at radius 1 is 0.310 bits per heavy atom. The highest BCUT2D eigenvalue weighted by molar-refractivity contribution is 7.47. The maximum absolute atomic E-state index is 14.9. The van der Waals surface area contributed by atoms with E-state index in [1.807, 2.05) is 0 Å². The quantitative estimate of drug-likeness (QED) is 0.0117. The van der Waals surface area contributed by atoms with E-state index in [0.29, 0.717) is 32.1 Å². The highest BCUT2D eigenvalue weighted by Gasteiger charge is 2.60. The van der Waals surface area contributed by atoms with Gasteiger partial charge in [-0.1, -0.05) is 368 Å². The summed E-state index contributed by atoms with van der Waals surface area (Å²) in [6.07, 6.45) is 26.6. The third-order valence-corrected chi connectivity index (χ3v) is 24.3. The van der Waals surface area contributed by atoms with Gasteiger partial charge < -0.3 is 88.7 Å². The summed E-state index contributed by atoms with van der Waals surface area (Å²) in [6.45, 7) is 5.63. The molecule has 116 heavy (non-hydrogen) atoms. The Balaban J connectivity index is 1.92. The topological polar surface area (TPSA) is 380 Å². The predicted molar refractivity (Wildman–Crippen MR) is 449 cm³/mol. The van der Waals surface area contributed by atoms with Crippen molar-refractivity contribution in [3.8, 4) is 0 Å². The van der Waals surface area contributed by atoms with Crippen molar-refractivity contribution in [1.82, 2.24) is 0 Å². The van der Waals surface area contributed by atoms with E-state index in [0.717, 1.165) is 128 Å². The molecule has 2 aliphatic heterocycles. The number of phosphoric acid groups is 1. The second kappa shape index (κ2) is 69.8. The fourth-order valence-corrected chi connectivity index (χ4v) is 16.8. The summed E-state index contributed by atoms with van der Waals surface area (Å²) in [5.41, 5.74) is 0. The molecule has 3 rings (SSSR count). The van der Waals surface area contributed by atoms with Crippen molar-refractivity contribution in [2.45, 2.75) is 524 Å². The first-order chi connectivity index (χ1) is 56.2. The number of carbonyl (C=O) groups excluding carboxylic acids is 4. The summed E-state index contributed by atoms with van der Waals surface area (Å²) >= 11 is 0. The van der Waals surface area contributed by atoms with Crippen LogP contribution in [0.4, 0.5) is 0 Å². The van der Waals surface area contributed by atoms with E-state index in [2.05, 4.69) is 27.7 Å². The Kier molecular flexibility index (Phi) is 64.8.